The normalized spacial score (nSPS) is 35.1. The van der Waals surface area contributed by atoms with Gasteiger partial charge in [0.15, 0.2) is 0 Å². The number of rotatable bonds is 2. The number of hydrogen-bond acceptors (Lipinski definition) is 3. The van der Waals surface area contributed by atoms with Crippen LogP contribution in [0.25, 0.3) is 0 Å². The summed E-state index contributed by atoms with van der Waals surface area (Å²) in [5, 5.41) is 12.5. The molecule has 3 unspecified atom stereocenters. The van der Waals surface area contributed by atoms with Gasteiger partial charge in [-0.1, -0.05) is 12.8 Å². The molecule has 0 aromatic carbocycles. The molecule has 0 bridgehead atoms. The Kier molecular flexibility index (Phi) is 3.45. The van der Waals surface area contributed by atoms with Crippen LogP contribution in [0.15, 0.2) is 0 Å². The lowest BCUT2D eigenvalue weighted by Crippen LogP contribution is -2.47. The molecule has 0 radical (unpaired) electrons. The Hall–Kier alpha value is -1.08. The Morgan fingerprint density at radius 3 is 2.75 bits per heavy atom. The van der Waals surface area contributed by atoms with E-state index in [0.717, 1.165) is 32.2 Å². The Morgan fingerprint density at radius 1 is 1.38 bits per heavy atom. The highest BCUT2D eigenvalue weighted by atomic mass is 16.2. The standard InChI is InChI=1S/C12H19N3O/c1-15-7-6-11(12(15)16)14-10-5-3-2-4-9(10)8-13/h9-11,14H,2-7H2,1H3. The minimum absolute atomic E-state index is 0.0519. The fraction of sp³-hybridized carbons (Fsp3) is 0.833. The quantitative estimate of drug-likeness (QED) is 0.753. The summed E-state index contributed by atoms with van der Waals surface area (Å²) >= 11 is 0. The summed E-state index contributed by atoms with van der Waals surface area (Å²) in [6.07, 6.45) is 5.21. The fourth-order valence-electron chi connectivity index (χ4n) is 2.72. The maximum Gasteiger partial charge on any atom is 0.239 e. The van der Waals surface area contributed by atoms with E-state index in [9.17, 15) is 4.79 Å². The smallest absolute Gasteiger partial charge is 0.239 e. The number of hydrogen-bond donors (Lipinski definition) is 1. The zero-order chi connectivity index (χ0) is 11.5. The molecule has 0 aromatic rings. The molecule has 2 fully saturated rings. The SMILES string of the molecule is CN1CCC(NC2CCCCC2C#N)C1=O. The van der Waals surface area contributed by atoms with Gasteiger partial charge in [0.2, 0.25) is 5.91 Å². The van der Waals surface area contributed by atoms with Crippen molar-refractivity contribution in [2.45, 2.75) is 44.2 Å². The molecule has 88 valence electrons. The molecule has 1 N–H and O–H groups in total. The van der Waals surface area contributed by atoms with Gasteiger partial charge < -0.3 is 10.2 Å². The molecule has 1 aliphatic heterocycles. The van der Waals surface area contributed by atoms with Gasteiger partial charge in [-0.05, 0) is 19.3 Å². The summed E-state index contributed by atoms with van der Waals surface area (Å²) in [6, 6.07) is 2.54. The molecule has 0 aromatic heterocycles. The number of nitriles is 1. The van der Waals surface area contributed by atoms with Gasteiger partial charge in [-0.15, -0.1) is 0 Å². The topological polar surface area (TPSA) is 56.1 Å². The van der Waals surface area contributed by atoms with Gasteiger partial charge in [0.1, 0.15) is 0 Å². The highest BCUT2D eigenvalue weighted by molar-refractivity contribution is 5.83. The number of likely N-dealkylation sites (tertiary alicyclic amines) is 1. The summed E-state index contributed by atoms with van der Waals surface area (Å²) < 4.78 is 0. The van der Waals surface area contributed by atoms with E-state index in [1.165, 1.54) is 6.42 Å². The molecular formula is C12H19N3O. The van der Waals surface area contributed by atoms with E-state index in [2.05, 4.69) is 11.4 Å². The van der Waals surface area contributed by atoms with E-state index >= 15 is 0 Å². The highest BCUT2D eigenvalue weighted by Crippen LogP contribution is 2.25. The van der Waals surface area contributed by atoms with E-state index < -0.39 is 0 Å². The van der Waals surface area contributed by atoms with Crippen molar-refractivity contribution in [2.75, 3.05) is 13.6 Å². The van der Waals surface area contributed by atoms with Crippen LogP contribution in [0, 0.1) is 17.2 Å². The maximum atomic E-state index is 11.8. The first-order valence-corrected chi connectivity index (χ1v) is 6.13. The fourth-order valence-corrected chi connectivity index (χ4v) is 2.72. The van der Waals surface area contributed by atoms with Crippen LogP contribution in [0.1, 0.15) is 32.1 Å². The van der Waals surface area contributed by atoms with E-state index in [1.807, 2.05) is 7.05 Å². The van der Waals surface area contributed by atoms with Crippen molar-refractivity contribution in [3.63, 3.8) is 0 Å². The van der Waals surface area contributed by atoms with Crippen molar-refractivity contribution in [3.8, 4) is 6.07 Å². The third-order valence-electron chi connectivity index (χ3n) is 3.77. The lowest BCUT2D eigenvalue weighted by Gasteiger charge is -2.29. The highest BCUT2D eigenvalue weighted by Gasteiger charge is 2.33. The number of likely N-dealkylation sites (N-methyl/N-ethyl adjacent to an activating group) is 1. The molecule has 1 amide bonds. The first kappa shape index (κ1) is 11.4. The van der Waals surface area contributed by atoms with Gasteiger partial charge in [-0.3, -0.25) is 4.79 Å². The number of nitrogens with one attached hydrogen (secondary N) is 1. The second kappa shape index (κ2) is 4.84. The van der Waals surface area contributed by atoms with Crippen molar-refractivity contribution < 1.29 is 4.79 Å². The van der Waals surface area contributed by atoms with Gasteiger partial charge in [-0.2, -0.15) is 5.26 Å². The van der Waals surface area contributed by atoms with Crippen molar-refractivity contribution in [1.29, 1.82) is 5.26 Å². The van der Waals surface area contributed by atoms with E-state index in [0.29, 0.717) is 0 Å². The third-order valence-corrected chi connectivity index (χ3v) is 3.77. The van der Waals surface area contributed by atoms with Crippen LogP contribution in [0.5, 0.6) is 0 Å². The van der Waals surface area contributed by atoms with Crippen molar-refractivity contribution in [3.05, 3.63) is 0 Å². The molecule has 4 nitrogen and oxygen atoms in total. The predicted octanol–water partition coefficient (Wildman–Crippen LogP) is 0.889. The van der Waals surface area contributed by atoms with Crippen molar-refractivity contribution >= 4 is 5.91 Å². The van der Waals surface area contributed by atoms with Crippen LogP contribution in [0.3, 0.4) is 0 Å². The molecule has 0 spiro atoms. The molecule has 1 heterocycles. The molecule has 3 atom stereocenters. The van der Waals surface area contributed by atoms with E-state index in [4.69, 9.17) is 5.26 Å². The van der Waals surface area contributed by atoms with E-state index in [1.54, 1.807) is 4.90 Å². The molecule has 1 saturated heterocycles. The summed E-state index contributed by atoms with van der Waals surface area (Å²) in [4.78, 5) is 13.5. The zero-order valence-corrected chi connectivity index (χ0v) is 9.78. The van der Waals surface area contributed by atoms with E-state index in [-0.39, 0.29) is 23.9 Å². The average molecular weight is 221 g/mol. The monoisotopic (exact) mass is 221 g/mol. The van der Waals surface area contributed by atoms with Gasteiger partial charge in [-0.25, -0.2) is 0 Å². The van der Waals surface area contributed by atoms with Crippen molar-refractivity contribution in [1.82, 2.24) is 10.2 Å². The number of amides is 1. The zero-order valence-electron chi connectivity index (χ0n) is 9.78. The molecule has 2 rings (SSSR count). The third kappa shape index (κ3) is 2.19. The lowest BCUT2D eigenvalue weighted by atomic mass is 9.85. The molecular weight excluding hydrogens is 202 g/mol. The molecule has 16 heavy (non-hydrogen) atoms. The van der Waals surface area contributed by atoms with Crippen LogP contribution in [-0.4, -0.2) is 36.5 Å². The number of carbonyl (C=O) groups excluding carboxylic acids is 1. The minimum Gasteiger partial charge on any atom is -0.344 e. The first-order chi connectivity index (χ1) is 7.72. The largest absolute Gasteiger partial charge is 0.344 e. The Morgan fingerprint density at radius 2 is 2.12 bits per heavy atom. The Bertz CT molecular complexity index is 310. The number of carbonyl (C=O) groups is 1. The minimum atomic E-state index is -0.0519. The van der Waals surface area contributed by atoms with Crippen LogP contribution in [0.2, 0.25) is 0 Å². The van der Waals surface area contributed by atoms with Gasteiger partial charge in [0, 0.05) is 19.6 Å². The maximum absolute atomic E-state index is 11.8. The van der Waals surface area contributed by atoms with Crippen LogP contribution >= 0.6 is 0 Å². The Balaban J connectivity index is 1.93. The lowest BCUT2D eigenvalue weighted by molar-refractivity contribution is -0.128. The van der Waals surface area contributed by atoms with Crippen LogP contribution in [-0.2, 0) is 4.79 Å². The van der Waals surface area contributed by atoms with Gasteiger partial charge in [0.05, 0.1) is 18.0 Å². The average Bonchev–Trinajstić information content (AvgIpc) is 2.62. The first-order valence-electron chi connectivity index (χ1n) is 6.13. The summed E-state index contributed by atoms with van der Waals surface area (Å²) in [5.74, 6) is 0.273. The summed E-state index contributed by atoms with van der Waals surface area (Å²) in [6.45, 7) is 0.834. The second-order valence-electron chi connectivity index (χ2n) is 4.89. The second-order valence-corrected chi connectivity index (χ2v) is 4.89. The molecule has 1 aliphatic carbocycles. The van der Waals surface area contributed by atoms with Crippen LogP contribution < -0.4 is 5.32 Å². The van der Waals surface area contributed by atoms with Crippen molar-refractivity contribution in [2.24, 2.45) is 5.92 Å². The summed E-state index contributed by atoms with van der Waals surface area (Å²) in [7, 11) is 1.84. The molecule has 4 heteroatoms. The molecule has 2 aliphatic rings. The van der Waals surface area contributed by atoms with Crippen LogP contribution in [0.4, 0.5) is 0 Å². The Labute approximate surface area is 96.6 Å². The van der Waals surface area contributed by atoms with Gasteiger partial charge in [0.25, 0.3) is 0 Å². The predicted molar refractivity (Wildman–Crippen MR) is 60.5 cm³/mol. The van der Waals surface area contributed by atoms with Gasteiger partial charge >= 0.3 is 0 Å². The summed E-state index contributed by atoms with van der Waals surface area (Å²) in [5.41, 5.74) is 0. The number of nitrogens with zero attached hydrogens (tertiary/aromatic N) is 2. The molecule has 1 saturated carbocycles.